The number of hydrogen-bond donors (Lipinski definition) is 3. The highest BCUT2D eigenvalue weighted by atomic mass is 35.5. The van der Waals surface area contributed by atoms with E-state index in [0.29, 0.717) is 29.4 Å². The molecule has 2 rings (SSSR count). The molecule has 0 aliphatic heterocycles. The largest absolute Gasteiger partial charge is 0.350 e. The van der Waals surface area contributed by atoms with Crippen molar-refractivity contribution in [3.63, 3.8) is 0 Å². The maximum absolute atomic E-state index is 12.0. The predicted molar refractivity (Wildman–Crippen MR) is 96.6 cm³/mol. The first-order valence-electron chi connectivity index (χ1n) is 7.49. The molecule has 1 aromatic carbocycles. The van der Waals surface area contributed by atoms with Crippen molar-refractivity contribution in [2.24, 2.45) is 5.73 Å². The number of aromatic nitrogens is 1. The molecule has 0 radical (unpaired) electrons. The van der Waals surface area contributed by atoms with Gasteiger partial charge in [-0.2, -0.15) is 0 Å². The Morgan fingerprint density at radius 2 is 2.17 bits per heavy atom. The summed E-state index contributed by atoms with van der Waals surface area (Å²) in [5, 5.41) is 8.58. The molecule has 1 aromatic heterocycles. The summed E-state index contributed by atoms with van der Waals surface area (Å²) in [6.45, 7) is 2.56. The summed E-state index contributed by atoms with van der Waals surface area (Å²) in [4.78, 5) is 28.1. The minimum atomic E-state index is -0.291. The number of thiazole rings is 1. The molecular formula is C16H19ClN4O2S. The van der Waals surface area contributed by atoms with E-state index in [1.54, 1.807) is 23.6 Å². The van der Waals surface area contributed by atoms with Crippen molar-refractivity contribution in [3.05, 3.63) is 44.9 Å². The van der Waals surface area contributed by atoms with Crippen LogP contribution in [-0.4, -0.2) is 29.9 Å². The molecule has 0 unspecified atom stereocenters. The second kappa shape index (κ2) is 8.77. The van der Waals surface area contributed by atoms with Gasteiger partial charge in [-0.25, -0.2) is 4.98 Å². The average molecular weight is 367 g/mol. The van der Waals surface area contributed by atoms with E-state index >= 15 is 0 Å². The third-order valence-electron chi connectivity index (χ3n) is 3.32. The Hall–Kier alpha value is -1.96. The SMILES string of the molecule is Cc1c(Cl)cccc1NC(=O)CCNC(=O)c1csc(CCN)n1. The molecule has 0 aliphatic rings. The molecule has 0 spiro atoms. The lowest BCUT2D eigenvalue weighted by molar-refractivity contribution is -0.116. The standard InChI is InChI=1S/C16H19ClN4O2S/c1-10-11(17)3-2-4-12(10)20-14(22)6-8-19-16(23)13-9-24-15(21-13)5-7-18/h2-4,9H,5-8,18H2,1H3,(H,19,23)(H,20,22). The van der Waals surface area contributed by atoms with Gasteiger partial charge in [0.2, 0.25) is 5.91 Å². The number of hydrogen-bond acceptors (Lipinski definition) is 5. The quantitative estimate of drug-likeness (QED) is 0.700. The highest BCUT2D eigenvalue weighted by molar-refractivity contribution is 7.09. The van der Waals surface area contributed by atoms with E-state index in [2.05, 4.69) is 15.6 Å². The number of nitrogens with one attached hydrogen (secondary N) is 2. The Morgan fingerprint density at radius 3 is 2.92 bits per heavy atom. The van der Waals surface area contributed by atoms with Crippen LogP contribution in [0.2, 0.25) is 5.02 Å². The van der Waals surface area contributed by atoms with Crippen molar-refractivity contribution in [1.82, 2.24) is 10.3 Å². The molecule has 128 valence electrons. The lowest BCUT2D eigenvalue weighted by Crippen LogP contribution is -2.28. The van der Waals surface area contributed by atoms with Crippen LogP contribution in [0.5, 0.6) is 0 Å². The summed E-state index contributed by atoms with van der Waals surface area (Å²) in [5.74, 6) is -0.482. The lowest BCUT2D eigenvalue weighted by Gasteiger charge is -2.09. The monoisotopic (exact) mass is 366 g/mol. The van der Waals surface area contributed by atoms with Gasteiger partial charge in [-0.05, 0) is 31.2 Å². The molecule has 0 bridgehead atoms. The molecular weight excluding hydrogens is 348 g/mol. The van der Waals surface area contributed by atoms with Crippen LogP contribution >= 0.6 is 22.9 Å². The topological polar surface area (TPSA) is 97.1 Å². The fraction of sp³-hybridized carbons (Fsp3) is 0.312. The second-order valence-corrected chi connectivity index (χ2v) is 6.48. The minimum Gasteiger partial charge on any atom is -0.350 e. The number of anilines is 1. The third-order valence-corrected chi connectivity index (χ3v) is 4.64. The van der Waals surface area contributed by atoms with Gasteiger partial charge in [-0.1, -0.05) is 17.7 Å². The van der Waals surface area contributed by atoms with Crippen molar-refractivity contribution in [1.29, 1.82) is 0 Å². The first-order valence-corrected chi connectivity index (χ1v) is 8.74. The first-order chi connectivity index (χ1) is 11.5. The number of halogens is 1. The molecule has 2 aromatic rings. The Kier molecular flexibility index (Phi) is 6.72. The zero-order valence-electron chi connectivity index (χ0n) is 13.3. The van der Waals surface area contributed by atoms with Crippen LogP contribution in [-0.2, 0) is 11.2 Å². The van der Waals surface area contributed by atoms with E-state index in [1.807, 2.05) is 6.92 Å². The van der Waals surface area contributed by atoms with Gasteiger partial charge in [0.05, 0.1) is 5.01 Å². The first kappa shape index (κ1) is 18.4. The van der Waals surface area contributed by atoms with Crippen LogP contribution in [0.1, 0.15) is 27.5 Å². The molecule has 0 fully saturated rings. The number of benzene rings is 1. The summed E-state index contributed by atoms with van der Waals surface area (Å²) in [5.41, 5.74) is 7.29. The molecule has 1 heterocycles. The summed E-state index contributed by atoms with van der Waals surface area (Å²) in [7, 11) is 0. The number of amides is 2. The van der Waals surface area contributed by atoms with Crippen LogP contribution in [0.25, 0.3) is 0 Å². The normalized spacial score (nSPS) is 10.5. The van der Waals surface area contributed by atoms with Crippen LogP contribution < -0.4 is 16.4 Å². The lowest BCUT2D eigenvalue weighted by atomic mass is 10.2. The van der Waals surface area contributed by atoms with E-state index in [1.165, 1.54) is 11.3 Å². The van der Waals surface area contributed by atoms with Crippen molar-refractivity contribution in [3.8, 4) is 0 Å². The van der Waals surface area contributed by atoms with Gasteiger partial charge in [0.15, 0.2) is 0 Å². The van der Waals surface area contributed by atoms with E-state index in [9.17, 15) is 9.59 Å². The van der Waals surface area contributed by atoms with Crippen molar-refractivity contribution >= 4 is 40.4 Å². The van der Waals surface area contributed by atoms with Gasteiger partial charge in [-0.15, -0.1) is 11.3 Å². The minimum absolute atomic E-state index is 0.164. The molecule has 0 saturated heterocycles. The summed E-state index contributed by atoms with van der Waals surface area (Å²) < 4.78 is 0. The Labute approximate surface area is 149 Å². The van der Waals surface area contributed by atoms with Gasteiger partial charge in [0.1, 0.15) is 5.69 Å². The zero-order chi connectivity index (χ0) is 17.5. The second-order valence-electron chi connectivity index (χ2n) is 5.13. The maximum Gasteiger partial charge on any atom is 0.270 e. The van der Waals surface area contributed by atoms with Crippen LogP contribution in [0, 0.1) is 6.92 Å². The summed E-state index contributed by atoms with van der Waals surface area (Å²) in [6, 6.07) is 5.32. The molecule has 4 N–H and O–H groups in total. The molecule has 0 aliphatic carbocycles. The molecule has 24 heavy (non-hydrogen) atoms. The molecule has 6 nitrogen and oxygen atoms in total. The van der Waals surface area contributed by atoms with E-state index in [4.69, 9.17) is 17.3 Å². The van der Waals surface area contributed by atoms with Crippen molar-refractivity contribution < 1.29 is 9.59 Å². The highest BCUT2D eigenvalue weighted by Gasteiger charge is 2.11. The number of carbonyl (C=O) groups excluding carboxylic acids is 2. The smallest absolute Gasteiger partial charge is 0.270 e. The summed E-state index contributed by atoms with van der Waals surface area (Å²) in [6.07, 6.45) is 0.816. The Bertz CT molecular complexity index is 733. The molecule has 2 amide bonds. The van der Waals surface area contributed by atoms with E-state index in [-0.39, 0.29) is 24.8 Å². The Balaban J connectivity index is 1.79. The van der Waals surface area contributed by atoms with Gasteiger partial charge in [0.25, 0.3) is 5.91 Å². The van der Waals surface area contributed by atoms with Crippen LogP contribution in [0.4, 0.5) is 5.69 Å². The number of nitrogens with zero attached hydrogens (tertiary/aromatic N) is 1. The summed E-state index contributed by atoms with van der Waals surface area (Å²) >= 11 is 7.42. The van der Waals surface area contributed by atoms with Gasteiger partial charge < -0.3 is 16.4 Å². The van der Waals surface area contributed by atoms with Gasteiger partial charge in [-0.3, -0.25) is 9.59 Å². The Morgan fingerprint density at radius 1 is 1.38 bits per heavy atom. The van der Waals surface area contributed by atoms with E-state index < -0.39 is 0 Å². The predicted octanol–water partition coefficient (Wildman–Crippen LogP) is 2.36. The number of rotatable bonds is 7. The molecule has 8 heteroatoms. The van der Waals surface area contributed by atoms with Crippen molar-refractivity contribution in [2.75, 3.05) is 18.4 Å². The number of carbonyl (C=O) groups is 2. The van der Waals surface area contributed by atoms with Gasteiger partial charge in [0, 0.05) is 35.5 Å². The average Bonchev–Trinajstić information content (AvgIpc) is 3.01. The zero-order valence-corrected chi connectivity index (χ0v) is 14.8. The molecule has 0 saturated carbocycles. The van der Waals surface area contributed by atoms with E-state index in [0.717, 1.165) is 10.6 Å². The molecule has 0 atom stereocenters. The third kappa shape index (κ3) is 5.02. The fourth-order valence-corrected chi connectivity index (χ4v) is 2.96. The van der Waals surface area contributed by atoms with Crippen LogP contribution in [0.3, 0.4) is 0 Å². The fourth-order valence-electron chi connectivity index (χ4n) is 1.99. The maximum atomic E-state index is 12.0. The van der Waals surface area contributed by atoms with Crippen LogP contribution in [0.15, 0.2) is 23.6 Å². The van der Waals surface area contributed by atoms with Crippen molar-refractivity contribution in [2.45, 2.75) is 19.8 Å². The number of nitrogens with two attached hydrogens (primary N) is 1. The highest BCUT2D eigenvalue weighted by Crippen LogP contribution is 2.22. The van der Waals surface area contributed by atoms with Gasteiger partial charge >= 0.3 is 0 Å².